The smallest absolute Gasteiger partial charge is 0.233 e. The van der Waals surface area contributed by atoms with E-state index in [1.54, 1.807) is 35.4 Å². The molecule has 2 heterocycles. The molecule has 132 valence electrons. The number of amides is 2. The molecule has 1 N–H and O–H groups in total. The summed E-state index contributed by atoms with van der Waals surface area (Å²) in [5.41, 5.74) is 0.974. The molecule has 0 radical (unpaired) electrons. The molecule has 1 aromatic heterocycles. The summed E-state index contributed by atoms with van der Waals surface area (Å²) < 4.78 is 0. The molecule has 0 saturated carbocycles. The van der Waals surface area contributed by atoms with Crippen LogP contribution in [0.2, 0.25) is 0 Å². The highest BCUT2D eigenvalue weighted by Crippen LogP contribution is 2.14. The van der Waals surface area contributed by atoms with Gasteiger partial charge >= 0.3 is 0 Å². The Labute approximate surface area is 151 Å². The lowest BCUT2D eigenvalue weighted by Crippen LogP contribution is -2.49. The predicted octanol–water partition coefficient (Wildman–Crippen LogP) is 1.63. The molecule has 0 spiro atoms. The van der Waals surface area contributed by atoms with E-state index < -0.39 is 0 Å². The van der Waals surface area contributed by atoms with Gasteiger partial charge < -0.3 is 15.1 Å². The van der Waals surface area contributed by atoms with Crippen LogP contribution in [0.3, 0.4) is 0 Å². The number of benzene rings is 1. The molecular formula is C19H19N5O2. The average Bonchev–Trinajstić information content (AvgIpc) is 2.69. The van der Waals surface area contributed by atoms with Crippen molar-refractivity contribution in [2.75, 3.05) is 36.4 Å². The van der Waals surface area contributed by atoms with E-state index in [-0.39, 0.29) is 18.2 Å². The molecule has 2 aromatic rings. The number of piperazine rings is 1. The van der Waals surface area contributed by atoms with Crippen LogP contribution in [0.15, 0.2) is 48.7 Å². The molecule has 2 amide bonds. The first-order valence-electron chi connectivity index (χ1n) is 8.39. The molecule has 0 bridgehead atoms. The van der Waals surface area contributed by atoms with Gasteiger partial charge in [0.2, 0.25) is 11.8 Å². The number of nitrogens with one attached hydrogen (secondary N) is 1. The molecule has 0 unspecified atom stereocenters. The second kappa shape index (κ2) is 8.12. The van der Waals surface area contributed by atoms with E-state index in [0.717, 1.165) is 5.82 Å². The number of carbonyl (C=O) groups excluding carboxylic acids is 2. The fraction of sp³-hybridized carbons (Fsp3) is 0.263. The van der Waals surface area contributed by atoms with Crippen LogP contribution in [0.4, 0.5) is 11.5 Å². The number of nitriles is 1. The highest BCUT2D eigenvalue weighted by atomic mass is 16.2. The Morgan fingerprint density at radius 1 is 1.12 bits per heavy atom. The molecule has 7 heteroatoms. The van der Waals surface area contributed by atoms with Crippen molar-refractivity contribution < 1.29 is 9.59 Å². The molecule has 26 heavy (non-hydrogen) atoms. The van der Waals surface area contributed by atoms with E-state index in [1.807, 2.05) is 24.3 Å². The van der Waals surface area contributed by atoms with Gasteiger partial charge in [-0.05, 0) is 30.3 Å². The van der Waals surface area contributed by atoms with Gasteiger partial charge in [-0.25, -0.2) is 4.98 Å². The zero-order chi connectivity index (χ0) is 18.4. The molecule has 0 aliphatic carbocycles. The van der Waals surface area contributed by atoms with E-state index in [4.69, 9.17) is 5.26 Å². The van der Waals surface area contributed by atoms with Crippen LogP contribution in [-0.2, 0) is 9.59 Å². The van der Waals surface area contributed by atoms with Crippen LogP contribution in [0.25, 0.3) is 0 Å². The number of hydrogen-bond donors (Lipinski definition) is 1. The minimum atomic E-state index is -0.378. The zero-order valence-electron chi connectivity index (χ0n) is 14.3. The summed E-state index contributed by atoms with van der Waals surface area (Å²) in [6.45, 7) is 2.50. The van der Waals surface area contributed by atoms with Gasteiger partial charge in [0.1, 0.15) is 12.2 Å². The molecule has 1 aliphatic rings. The Hall–Kier alpha value is -3.40. The molecule has 0 atom stereocenters. The monoisotopic (exact) mass is 349 g/mol. The fourth-order valence-electron chi connectivity index (χ4n) is 2.85. The Bertz CT molecular complexity index is 823. The lowest BCUT2D eigenvalue weighted by Gasteiger charge is -2.35. The number of rotatable bonds is 4. The second-order valence-corrected chi connectivity index (χ2v) is 5.97. The summed E-state index contributed by atoms with van der Waals surface area (Å²) in [4.78, 5) is 32.6. The van der Waals surface area contributed by atoms with Gasteiger partial charge in [-0.15, -0.1) is 0 Å². The number of carbonyl (C=O) groups is 2. The van der Waals surface area contributed by atoms with Crippen LogP contribution < -0.4 is 10.2 Å². The summed E-state index contributed by atoms with van der Waals surface area (Å²) in [5, 5.41) is 11.5. The quantitative estimate of drug-likeness (QED) is 0.848. The zero-order valence-corrected chi connectivity index (χ0v) is 14.3. The normalized spacial score (nSPS) is 13.8. The Morgan fingerprint density at radius 2 is 1.92 bits per heavy atom. The van der Waals surface area contributed by atoms with Crippen molar-refractivity contribution in [2.24, 2.45) is 0 Å². The first kappa shape index (κ1) is 17.4. The van der Waals surface area contributed by atoms with Crippen molar-refractivity contribution in [3.05, 3.63) is 54.2 Å². The number of aromatic nitrogens is 1. The number of hydrogen-bond acceptors (Lipinski definition) is 5. The van der Waals surface area contributed by atoms with Gasteiger partial charge in [0.05, 0.1) is 11.6 Å². The SMILES string of the molecule is N#Cc1cccc(NC(=O)CC(=O)N2CCN(c3ccccn3)CC2)c1. The van der Waals surface area contributed by atoms with Crippen LogP contribution in [0.5, 0.6) is 0 Å². The van der Waals surface area contributed by atoms with E-state index in [9.17, 15) is 9.59 Å². The lowest BCUT2D eigenvalue weighted by molar-refractivity contribution is -0.134. The van der Waals surface area contributed by atoms with E-state index in [2.05, 4.69) is 15.2 Å². The fourth-order valence-corrected chi connectivity index (χ4v) is 2.85. The first-order chi connectivity index (χ1) is 12.7. The highest BCUT2D eigenvalue weighted by molar-refractivity contribution is 6.03. The maximum Gasteiger partial charge on any atom is 0.233 e. The second-order valence-electron chi connectivity index (χ2n) is 5.97. The Kier molecular flexibility index (Phi) is 5.44. The van der Waals surface area contributed by atoms with Crippen molar-refractivity contribution >= 4 is 23.3 Å². The third-order valence-electron chi connectivity index (χ3n) is 4.19. The van der Waals surface area contributed by atoms with Crippen LogP contribution in [0.1, 0.15) is 12.0 Å². The summed E-state index contributed by atoms with van der Waals surface area (Å²) in [7, 11) is 0. The number of pyridine rings is 1. The van der Waals surface area contributed by atoms with Crippen molar-refractivity contribution in [2.45, 2.75) is 6.42 Å². The predicted molar refractivity (Wildman–Crippen MR) is 97.4 cm³/mol. The summed E-state index contributed by atoms with van der Waals surface area (Å²) >= 11 is 0. The Morgan fingerprint density at radius 3 is 2.62 bits per heavy atom. The molecule has 3 rings (SSSR count). The molecular weight excluding hydrogens is 330 g/mol. The van der Waals surface area contributed by atoms with Crippen LogP contribution in [-0.4, -0.2) is 47.9 Å². The minimum Gasteiger partial charge on any atom is -0.353 e. The molecule has 7 nitrogen and oxygen atoms in total. The van der Waals surface area contributed by atoms with Crippen molar-refractivity contribution in [1.29, 1.82) is 5.26 Å². The molecule has 1 fully saturated rings. The van der Waals surface area contributed by atoms with Crippen molar-refractivity contribution in [3.63, 3.8) is 0 Å². The summed E-state index contributed by atoms with van der Waals surface area (Å²) in [5.74, 6) is 0.326. The Balaban J connectivity index is 1.49. The van der Waals surface area contributed by atoms with Crippen LogP contribution in [0, 0.1) is 11.3 Å². The molecule has 1 saturated heterocycles. The standard InChI is InChI=1S/C19H19N5O2/c20-14-15-4-3-5-16(12-15)22-18(25)13-19(26)24-10-8-23(9-11-24)17-6-1-2-7-21-17/h1-7,12H,8-11,13H2,(H,22,25). The van der Waals surface area contributed by atoms with Crippen molar-refractivity contribution in [3.8, 4) is 6.07 Å². The largest absolute Gasteiger partial charge is 0.353 e. The van der Waals surface area contributed by atoms with Gasteiger partial charge in [0.15, 0.2) is 0 Å². The maximum absolute atomic E-state index is 12.3. The van der Waals surface area contributed by atoms with Crippen LogP contribution >= 0.6 is 0 Å². The minimum absolute atomic E-state index is 0.195. The summed E-state index contributed by atoms with van der Waals surface area (Å²) in [6, 6.07) is 14.4. The van der Waals surface area contributed by atoms with Gasteiger partial charge in [-0.1, -0.05) is 12.1 Å². The van der Waals surface area contributed by atoms with Gasteiger partial charge in [0, 0.05) is 38.1 Å². The highest BCUT2D eigenvalue weighted by Gasteiger charge is 2.23. The topological polar surface area (TPSA) is 89.3 Å². The third kappa shape index (κ3) is 4.36. The average molecular weight is 349 g/mol. The number of nitrogens with zero attached hydrogens (tertiary/aromatic N) is 4. The molecule has 1 aromatic carbocycles. The lowest BCUT2D eigenvalue weighted by atomic mass is 10.2. The third-order valence-corrected chi connectivity index (χ3v) is 4.19. The van der Waals surface area contributed by atoms with Crippen molar-refractivity contribution in [1.82, 2.24) is 9.88 Å². The number of anilines is 2. The van der Waals surface area contributed by atoms with Gasteiger partial charge in [-0.2, -0.15) is 5.26 Å². The van der Waals surface area contributed by atoms with Gasteiger partial charge in [0.25, 0.3) is 0 Å². The van der Waals surface area contributed by atoms with E-state index >= 15 is 0 Å². The van der Waals surface area contributed by atoms with Gasteiger partial charge in [-0.3, -0.25) is 9.59 Å². The van der Waals surface area contributed by atoms with E-state index in [1.165, 1.54) is 0 Å². The summed E-state index contributed by atoms with van der Waals surface area (Å²) in [6.07, 6.45) is 1.54. The first-order valence-corrected chi connectivity index (χ1v) is 8.39. The van der Waals surface area contributed by atoms with E-state index in [0.29, 0.717) is 37.4 Å². The maximum atomic E-state index is 12.3. The molecule has 1 aliphatic heterocycles.